The maximum absolute atomic E-state index is 13.2. The molecule has 5 nitrogen and oxygen atoms in total. The Morgan fingerprint density at radius 1 is 1.00 bits per heavy atom. The van der Waals surface area contributed by atoms with Crippen molar-refractivity contribution in [2.75, 3.05) is 4.90 Å². The molecule has 0 fully saturated rings. The van der Waals surface area contributed by atoms with E-state index in [1.165, 1.54) is 0 Å². The van der Waals surface area contributed by atoms with Gasteiger partial charge in [0.2, 0.25) is 5.91 Å². The zero-order valence-corrected chi connectivity index (χ0v) is 15.6. The molecule has 1 aromatic heterocycles. The summed E-state index contributed by atoms with van der Waals surface area (Å²) in [6.45, 7) is 0.350. The third-order valence-corrected chi connectivity index (χ3v) is 4.94. The van der Waals surface area contributed by atoms with Gasteiger partial charge in [-0.1, -0.05) is 54.1 Å². The largest absolute Gasteiger partial charge is 0.292 e. The first kappa shape index (κ1) is 18.1. The molecule has 4 rings (SSSR count). The fourth-order valence-electron chi connectivity index (χ4n) is 3.19. The van der Waals surface area contributed by atoms with Crippen LogP contribution in [0.5, 0.6) is 0 Å². The molecular weight excluding hydrogens is 374 g/mol. The van der Waals surface area contributed by atoms with Crippen molar-refractivity contribution in [2.24, 2.45) is 4.99 Å². The van der Waals surface area contributed by atoms with Gasteiger partial charge in [0, 0.05) is 23.0 Å². The predicted octanol–water partition coefficient (Wildman–Crippen LogP) is 4.28. The second-order valence-electron chi connectivity index (χ2n) is 6.31. The highest BCUT2D eigenvalue weighted by Crippen LogP contribution is 2.31. The van der Waals surface area contributed by atoms with Gasteiger partial charge in [0.05, 0.1) is 12.5 Å². The quantitative estimate of drug-likeness (QED) is 0.494. The van der Waals surface area contributed by atoms with E-state index in [-0.39, 0.29) is 11.8 Å². The molecule has 2 heterocycles. The van der Waals surface area contributed by atoms with Crippen molar-refractivity contribution in [1.82, 2.24) is 4.98 Å². The maximum atomic E-state index is 13.2. The summed E-state index contributed by atoms with van der Waals surface area (Å²) >= 11 is 6.18. The lowest BCUT2D eigenvalue weighted by molar-refractivity contribution is -0.118. The molecule has 0 bridgehead atoms. The first-order valence-corrected chi connectivity index (χ1v) is 9.16. The molecule has 138 valence electrons. The Bertz CT molecular complexity index is 1070. The zero-order valence-electron chi connectivity index (χ0n) is 14.8. The van der Waals surface area contributed by atoms with E-state index in [1.807, 2.05) is 24.3 Å². The molecule has 0 aliphatic carbocycles. The van der Waals surface area contributed by atoms with E-state index in [2.05, 4.69) is 9.98 Å². The molecule has 1 unspecified atom stereocenters. The van der Waals surface area contributed by atoms with Gasteiger partial charge in [-0.25, -0.2) is 9.88 Å². The number of benzene rings is 2. The van der Waals surface area contributed by atoms with Crippen molar-refractivity contribution in [1.29, 1.82) is 0 Å². The van der Waals surface area contributed by atoms with E-state index in [1.54, 1.807) is 54.9 Å². The second kappa shape index (κ2) is 7.74. The van der Waals surface area contributed by atoms with Crippen LogP contribution in [0.15, 0.2) is 77.9 Å². The van der Waals surface area contributed by atoms with Crippen molar-refractivity contribution in [3.05, 3.63) is 94.6 Å². The second-order valence-corrected chi connectivity index (χ2v) is 6.72. The molecule has 1 aliphatic heterocycles. The number of imide groups is 1. The Kier molecular flexibility index (Phi) is 5.00. The Balaban J connectivity index is 1.70. The summed E-state index contributed by atoms with van der Waals surface area (Å²) in [5, 5.41) is 0.625. The van der Waals surface area contributed by atoms with Crippen molar-refractivity contribution < 1.29 is 9.59 Å². The molecule has 3 aromatic rings. The van der Waals surface area contributed by atoms with E-state index < -0.39 is 5.92 Å². The number of amides is 2. The first-order chi connectivity index (χ1) is 13.7. The average Bonchev–Trinajstić information content (AvgIpc) is 2.73. The fraction of sp³-hybridized carbons (Fsp3) is 0.0909. The topological polar surface area (TPSA) is 62.6 Å². The van der Waals surface area contributed by atoms with Crippen LogP contribution in [0.3, 0.4) is 0 Å². The minimum atomic E-state index is -0.668. The van der Waals surface area contributed by atoms with Gasteiger partial charge in [0.25, 0.3) is 5.91 Å². The van der Waals surface area contributed by atoms with E-state index in [9.17, 15) is 9.59 Å². The van der Waals surface area contributed by atoms with Crippen LogP contribution in [0.4, 0.5) is 5.82 Å². The average molecular weight is 390 g/mol. The summed E-state index contributed by atoms with van der Waals surface area (Å²) < 4.78 is 0. The van der Waals surface area contributed by atoms with Crippen LogP contribution in [0.25, 0.3) is 0 Å². The van der Waals surface area contributed by atoms with Gasteiger partial charge in [-0.15, -0.1) is 0 Å². The van der Waals surface area contributed by atoms with Crippen LogP contribution in [-0.4, -0.2) is 23.0 Å². The van der Waals surface area contributed by atoms with Gasteiger partial charge < -0.3 is 0 Å². The van der Waals surface area contributed by atoms with Gasteiger partial charge in [0.15, 0.2) is 0 Å². The van der Waals surface area contributed by atoms with Crippen LogP contribution >= 0.6 is 11.6 Å². The summed E-state index contributed by atoms with van der Waals surface area (Å²) in [5.41, 5.74) is 1.99. The number of pyridine rings is 1. The first-order valence-electron chi connectivity index (χ1n) is 8.78. The van der Waals surface area contributed by atoms with Crippen LogP contribution < -0.4 is 4.90 Å². The monoisotopic (exact) mass is 389 g/mol. The molecule has 1 aliphatic rings. The van der Waals surface area contributed by atoms with Crippen molar-refractivity contribution in [2.45, 2.75) is 12.5 Å². The summed E-state index contributed by atoms with van der Waals surface area (Å²) in [5.74, 6) is -1.12. The lowest BCUT2D eigenvalue weighted by Crippen LogP contribution is -2.45. The number of hydrogen-bond acceptors (Lipinski definition) is 4. The Morgan fingerprint density at radius 2 is 1.75 bits per heavy atom. The van der Waals surface area contributed by atoms with Crippen molar-refractivity contribution in [3.63, 3.8) is 0 Å². The van der Waals surface area contributed by atoms with Crippen LogP contribution in [0.1, 0.15) is 27.4 Å². The summed E-state index contributed by atoms with van der Waals surface area (Å²) in [4.78, 5) is 35.8. The fourth-order valence-corrected chi connectivity index (χ4v) is 3.38. The normalized spacial score (nSPS) is 16.5. The van der Waals surface area contributed by atoms with Crippen LogP contribution in [-0.2, 0) is 11.3 Å². The maximum Gasteiger partial charge on any atom is 0.266 e. The third kappa shape index (κ3) is 3.32. The number of nitrogens with zero attached hydrogens (tertiary/aromatic N) is 3. The Labute approximate surface area is 167 Å². The highest BCUT2D eigenvalue weighted by molar-refractivity contribution is 6.31. The molecule has 2 amide bonds. The minimum Gasteiger partial charge on any atom is -0.292 e. The zero-order chi connectivity index (χ0) is 19.5. The van der Waals surface area contributed by atoms with E-state index in [4.69, 9.17) is 11.6 Å². The third-order valence-electron chi connectivity index (χ3n) is 4.57. The van der Waals surface area contributed by atoms with Gasteiger partial charge in [-0.2, -0.15) is 0 Å². The number of aromatic nitrogens is 1. The number of aliphatic imine (C=N–C) groups is 1. The number of rotatable bonds is 4. The minimum absolute atomic E-state index is 0.302. The van der Waals surface area contributed by atoms with Crippen molar-refractivity contribution in [3.8, 4) is 0 Å². The van der Waals surface area contributed by atoms with Crippen LogP contribution in [0.2, 0.25) is 5.02 Å². The number of halogens is 1. The van der Waals surface area contributed by atoms with E-state index >= 15 is 0 Å². The van der Waals surface area contributed by atoms with Crippen LogP contribution in [0, 0.1) is 0 Å². The number of anilines is 1. The molecule has 28 heavy (non-hydrogen) atoms. The van der Waals surface area contributed by atoms with Gasteiger partial charge in [0.1, 0.15) is 5.82 Å². The summed E-state index contributed by atoms with van der Waals surface area (Å²) in [7, 11) is 0. The smallest absolute Gasteiger partial charge is 0.266 e. The summed E-state index contributed by atoms with van der Waals surface area (Å²) in [6, 6.07) is 19.6. The molecule has 0 N–H and O–H groups in total. The van der Waals surface area contributed by atoms with Gasteiger partial charge in [-0.05, 0) is 35.4 Å². The molecule has 0 saturated carbocycles. The number of carbonyl (C=O) groups is 2. The molecular formula is C22H16ClN3O2. The molecule has 6 heteroatoms. The molecule has 1 atom stereocenters. The molecule has 0 saturated heterocycles. The van der Waals surface area contributed by atoms with E-state index in [0.717, 1.165) is 10.5 Å². The number of fused-ring (bicyclic) bond motifs is 1. The standard InChI is InChI=1S/C22H16ClN3O2/c23-19-10-4-1-7-15(19)13-24-14-18-16-8-2-3-9-17(16)21(27)26(22(18)28)20-11-5-6-12-25-20/h1-12,14,18H,13H2. The van der Waals surface area contributed by atoms with E-state index in [0.29, 0.717) is 28.5 Å². The molecule has 0 spiro atoms. The Hall–Kier alpha value is -3.31. The van der Waals surface area contributed by atoms with Crippen molar-refractivity contribution >= 4 is 35.4 Å². The molecule has 0 radical (unpaired) electrons. The number of hydrogen-bond donors (Lipinski definition) is 0. The van der Waals surface area contributed by atoms with Gasteiger partial charge in [-0.3, -0.25) is 14.6 Å². The Morgan fingerprint density at radius 3 is 2.54 bits per heavy atom. The van der Waals surface area contributed by atoms with Gasteiger partial charge >= 0.3 is 0 Å². The molecule has 2 aromatic carbocycles. The highest BCUT2D eigenvalue weighted by atomic mass is 35.5. The predicted molar refractivity (Wildman–Crippen MR) is 109 cm³/mol. The summed E-state index contributed by atoms with van der Waals surface area (Å²) in [6.07, 6.45) is 3.14. The lowest BCUT2D eigenvalue weighted by Gasteiger charge is -2.30. The number of carbonyl (C=O) groups excluding carboxylic acids is 2. The lowest BCUT2D eigenvalue weighted by atomic mass is 9.89. The highest BCUT2D eigenvalue weighted by Gasteiger charge is 2.39. The SMILES string of the molecule is O=C1c2ccccc2C(C=NCc2ccccc2Cl)C(=O)N1c1ccccn1.